The van der Waals surface area contributed by atoms with Crippen LogP contribution in [0.4, 0.5) is 0 Å². The summed E-state index contributed by atoms with van der Waals surface area (Å²) in [4.78, 5) is 4.46. The molecule has 0 amide bonds. The van der Waals surface area contributed by atoms with Crippen LogP contribution in [-0.2, 0) is 4.74 Å². The summed E-state index contributed by atoms with van der Waals surface area (Å²) >= 11 is 0. The van der Waals surface area contributed by atoms with Crippen molar-refractivity contribution in [3.05, 3.63) is 11.7 Å². The fourth-order valence-electron chi connectivity index (χ4n) is 2.48. The standard InChI is InChI=1S/C13H22N2O3/c1-3-4-11(17-2)12-14-13(18-15-12)9-5-7-10(16)8-6-9/h9-11,16H,3-8H2,1-2H3. The van der Waals surface area contributed by atoms with Crippen molar-refractivity contribution < 1.29 is 14.4 Å². The van der Waals surface area contributed by atoms with Crippen LogP contribution >= 0.6 is 0 Å². The Kier molecular flexibility index (Phi) is 4.72. The Balaban J connectivity index is 2.00. The number of hydrogen-bond donors (Lipinski definition) is 1. The van der Waals surface area contributed by atoms with E-state index in [1.807, 2.05) is 0 Å². The van der Waals surface area contributed by atoms with Gasteiger partial charge in [0.2, 0.25) is 11.7 Å². The molecule has 1 heterocycles. The lowest BCUT2D eigenvalue weighted by Crippen LogP contribution is -2.17. The van der Waals surface area contributed by atoms with Crippen molar-refractivity contribution in [2.75, 3.05) is 7.11 Å². The van der Waals surface area contributed by atoms with Gasteiger partial charge in [-0.15, -0.1) is 0 Å². The summed E-state index contributed by atoms with van der Waals surface area (Å²) in [5.41, 5.74) is 0. The third-order valence-corrected chi connectivity index (χ3v) is 3.63. The zero-order valence-electron chi connectivity index (χ0n) is 11.1. The van der Waals surface area contributed by atoms with Gasteiger partial charge in [0.05, 0.1) is 6.10 Å². The Morgan fingerprint density at radius 2 is 2.11 bits per heavy atom. The van der Waals surface area contributed by atoms with Crippen molar-refractivity contribution in [1.82, 2.24) is 10.1 Å². The number of rotatable bonds is 5. The van der Waals surface area contributed by atoms with Crippen LogP contribution in [0.3, 0.4) is 0 Å². The van der Waals surface area contributed by atoms with Crippen LogP contribution in [0.2, 0.25) is 0 Å². The van der Waals surface area contributed by atoms with Gasteiger partial charge < -0.3 is 14.4 Å². The van der Waals surface area contributed by atoms with Gasteiger partial charge >= 0.3 is 0 Å². The monoisotopic (exact) mass is 254 g/mol. The third kappa shape index (κ3) is 3.09. The molecule has 1 fully saturated rings. The van der Waals surface area contributed by atoms with E-state index in [0.717, 1.165) is 38.5 Å². The van der Waals surface area contributed by atoms with E-state index < -0.39 is 0 Å². The molecule has 0 aliphatic heterocycles. The van der Waals surface area contributed by atoms with Crippen LogP contribution in [0.15, 0.2) is 4.52 Å². The summed E-state index contributed by atoms with van der Waals surface area (Å²) < 4.78 is 10.7. The number of nitrogens with zero attached hydrogens (tertiary/aromatic N) is 2. The van der Waals surface area contributed by atoms with Crippen molar-refractivity contribution in [2.24, 2.45) is 0 Å². The highest BCUT2D eigenvalue weighted by Crippen LogP contribution is 2.32. The SMILES string of the molecule is CCCC(OC)c1noc(C2CCC(O)CC2)n1. The minimum Gasteiger partial charge on any atom is -0.393 e. The number of ether oxygens (including phenoxy) is 1. The fourth-order valence-corrected chi connectivity index (χ4v) is 2.48. The van der Waals surface area contributed by atoms with E-state index in [1.54, 1.807) is 7.11 Å². The van der Waals surface area contributed by atoms with Crippen LogP contribution in [0, 0.1) is 0 Å². The molecule has 0 saturated heterocycles. The average Bonchev–Trinajstić information content (AvgIpc) is 2.86. The molecule has 0 bridgehead atoms. The predicted molar refractivity (Wildman–Crippen MR) is 66.2 cm³/mol. The lowest BCUT2D eigenvalue weighted by Gasteiger charge is -2.22. The highest BCUT2D eigenvalue weighted by atomic mass is 16.5. The van der Waals surface area contributed by atoms with Gasteiger partial charge in [0.1, 0.15) is 6.10 Å². The topological polar surface area (TPSA) is 68.4 Å². The van der Waals surface area contributed by atoms with Crippen LogP contribution < -0.4 is 0 Å². The maximum absolute atomic E-state index is 9.49. The van der Waals surface area contributed by atoms with Gasteiger partial charge in [-0.1, -0.05) is 18.5 Å². The second kappa shape index (κ2) is 6.29. The second-order valence-corrected chi connectivity index (χ2v) is 5.01. The van der Waals surface area contributed by atoms with Crippen LogP contribution in [0.5, 0.6) is 0 Å². The molecule has 1 aliphatic carbocycles. The molecule has 1 N–H and O–H groups in total. The molecule has 2 rings (SSSR count). The summed E-state index contributed by atoms with van der Waals surface area (Å²) in [6, 6.07) is 0. The van der Waals surface area contributed by atoms with Crippen molar-refractivity contribution in [3.63, 3.8) is 0 Å². The normalized spacial score (nSPS) is 26.2. The predicted octanol–water partition coefficient (Wildman–Crippen LogP) is 2.58. The first-order valence-corrected chi connectivity index (χ1v) is 6.79. The van der Waals surface area contributed by atoms with E-state index in [1.165, 1.54) is 0 Å². The molecular formula is C13H22N2O3. The van der Waals surface area contributed by atoms with Gasteiger partial charge in [-0.2, -0.15) is 4.98 Å². The van der Waals surface area contributed by atoms with Gasteiger partial charge in [-0.25, -0.2) is 0 Å². The summed E-state index contributed by atoms with van der Waals surface area (Å²) in [6.07, 6.45) is 5.20. The fraction of sp³-hybridized carbons (Fsp3) is 0.846. The summed E-state index contributed by atoms with van der Waals surface area (Å²) in [5.74, 6) is 1.66. The first kappa shape index (κ1) is 13.5. The zero-order chi connectivity index (χ0) is 13.0. The van der Waals surface area contributed by atoms with Gasteiger partial charge in [0.15, 0.2) is 0 Å². The molecule has 0 radical (unpaired) electrons. The third-order valence-electron chi connectivity index (χ3n) is 3.63. The molecule has 1 aromatic rings. The van der Waals surface area contributed by atoms with E-state index in [-0.39, 0.29) is 12.2 Å². The van der Waals surface area contributed by atoms with Crippen LogP contribution in [0.25, 0.3) is 0 Å². The van der Waals surface area contributed by atoms with Crippen molar-refractivity contribution >= 4 is 0 Å². The van der Waals surface area contributed by atoms with E-state index in [4.69, 9.17) is 9.26 Å². The quantitative estimate of drug-likeness (QED) is 0.874. The highest BCUT2D eigenvalue weighted by molar-refractivity contribution is 4.98. The maximum atomic E-state index is 9.49. The van der Waals surface area contributed by atoms with E-state index >= 15 is 0 Å². The number of aromatic nitrogens is 2. The van der Waals surface area contributed by atoms with Crippen molar-refractivity contribution in [3.8, 4) is 0 Å². The van der Waals surface area contributed by atoms with E-state index in [9.17, 15) is 5.11 Å². The van der Waals surface area contributed by atoms with Gasteiger partial charge in [-0.05, 0) is 32.1 Å². The summed E-state index contributed by atoms with van der Waals surface area (Å²) in [6.45, 7) is 2.11. The molecule has 0 aromatic carbocycles. The summed E-state index contributed by atoms with van der Waals surface area (Å²) in [5, 5.41) is 13.5. The van der Waals surface area contributed by atoms with Crippen LogP contribution in [-0.4, -0.2) is 28.5 Å². The Hall–Kier alpha value is -0.940. The first-order chi connectivity index (χ1) is 8.74. The van der Waals surface area contributed by atoms with Gasteiger partial charge in [0.25, 0.3) is 0 Å². The lowest BCUT2D eigenvalue weighted by atomic mass is 9.87. The van der Waals surface area contributed by atoms with Gasteiger partial charge in [0, 0.05) is 13.0 Å². The Labute approximate surface area is 108 Å². The van der Waals surface area contributed by atoms with Crippen LogP contribution in [0.1, 0.15) is 69.2 Å². The number of hydrogen-bond acceptors (Lipinski definition) is 5. The zero-order valence-corrected chi connectivity index (χ0v) is 11.1. The molecular weight excluding hydrogens is 232 g/mol. The Morgan fingerprint density at radius 3 is 2.72 bits per heavy atom. The molecule has 1 aromatic heterocycles. The largest absolute Gasteiger partial charge is 0.393 e. The molecule has 1 aliphatic rings. The lowest BCUT2D eigenvalue weighted by molar-refractivity contribution is 0.0854. The minimum absolute atomic E-state index is 0.0679. The Morgan fingerprint density at radius 1 is 1.39 bits per heavy atom. The molecule has 102 valence electrons. The molecule has 5 nitrogen and oxygen atoms in total. The van der Waals surface area contributed by atoms with Crippen molar-refractivity contribution in [1.29, 1.82) is 0 Å². The average molecular weight is 254 g/mol. The molecule has 1 unspecified atom stereocenters. The molecule has 0 spiro atoms. The first-order valence-electron chi connectivity index (χ1n) is 6.79. The molecule has 1 atom stereocenters. The number of methoxy groups -OCH3 is 1. The van der Waals surface area contributed by atoms with Gasteiger partial charge in [-0.3, -0.25) is 0 Å². The molecule has 18 heavy (non-hydrogen) atoms. The molecule has 5 heteroatoms. The minimum atomic E-state index is -0.157. The highest BCUT2D eigenvalue weighted by Gasteiger charge is 2.26. The smallest absolute Gasteiger partial charge is 0.229 e. The van der Waals surface area contributed by atoms with E-state index in [2.05, 4.69) is 17.1 Å². The maximum Gasteiger partial charge on any atom is 0.229 e. The Bertz CT molecular complexity index is 359. The second-order valence-electron chi connectivity index (χ2n) is 5.01. The molecule has 1 saturated carbocycles. The number of aliphatic hydroxyl groups is 1. The number of aliphatic hydroxyl groups excluding tert-OH is 1. The summed E-state index contributed by atoms with van der Waals surface area (Å²) in [7, 11) is 1.67. The van der Waals surface area contributed by atoms with E-state index in [0.29, 0.717) is 17.6 Å². The van der Waals surface area contributed by atoms with Crippen molar-refractivity contribution in [2.45, 2.75) is 63.6 Å².